The largest absolute Gasteiger partial charge is 0.385 e. The van der Waals surface area contributed by atoms with Gasteiger partial charge in [0.05, 0.1) is 0 Å². The Morgan fingerprint density at radius 3 is 2.17 bits per heavy atom. The molecule has 36 valence electrons. The number of carbonyl (C=O) groups is 1. The summed E-state index contributed by atoms with van der Waals surface area (Å²) in [6.07, 6.45) is -0.923. The van der Waals surface area contributed by atoms with Crippen molar-refractivity contribution in [3.63, 3.8) is 0 Å². The van der Waals surface area contributed by atoms with E-state index in [4.69, 9.17) is 5.11 Å². The van der Waals surface area contributed by atoms with Crippen LogP contribution in [0.4, 0.5) is 0 Å². The fourth-order valence-electron chi connectivity index (χ4n) is 0. The van der Waals surface area contributed by atoms with Crippen LogP contribution >= 0.6 is 12.6 Å². The molecule has 0 radical (unpaired) electrons. The van der Waals surface area contributed by atoms with Crippen molar-refractivity contribution in [1.29, 1.82) is 0 Å². The molecule has 0 aromatic rings. The Morgan fingerprint density at radius 1 is 2.00 bits per heavy atom. The van der Waals surface area contributed by atoms with E-state index >= 15 is 0 Å². The second-order valence-electron chi connectivity index (χ2n) is 1.01. The van der Waals surface area contributed by atoms with Gasteiger partial charge in [-0.3, -0.25) is 4.79 Å². The van der Waals surface area contributed by atoms with Crippen molar-refractivity contribution >= 4 is 17.7 Å². The van der Waals surface area contributed by atoms with Gasteiger partial charge in [-0.05, 0) is 6.92 Å². The summed E-state index contributed by atoms with van der Waals surface area (Å²) in [5.41, 5.74) is 0. The second kappa shape index (κ2) is 2.21. The first-order valence-corrected chi connectivity index (χ1v) is 2.00. The number of aliphatic hydroxyl groups excluding tert-OH is 1. The van der Waals surface area contributed by atoms with Crippen molar-refractivity contribution in [3.05, 3.63) is 0 Å². The molecule has 3 heteroatoms. The molecule has 6 heavy (non-hydrogen) atoms. The molecule has 1 atom stereocenters. The van der Waals surface area contributed by atoms with E-state index in [0.717, 1.165) is 0 Å². The number of rotatable bonds is 1. The molecule has 0 aliphatic heterocycles. The van der Waals surface area contributed by atoms with Crippen molar-refractivity contribution in [3.8, 4) is 0 Å². The summed E-state index contributed by atoms with van der Waals surface area (Å²) in [5.74, 6) is 0. The lowest BCUT2D eigenvalue weighted by atomic mass is 10.5. The number of thiol groups is 1. The van der Waals surface area contributed by atoms with Gasteiger partial charge in [0.15, 0.2) is 0 Å². The summed E-state index contributed by atoms with van der Waals surface area (Å²) in [7, 11) is 0. The number of aliphatic hydroxyl groups is 1. The van der Waals surface area contributed by atoms with Gasteiger partial charge in [0, 0.05) is 0 Å². The highest BCUT2D eigenvalue weighted by Crippen LogP contribution is 1.84. The van der Waals surface area contributed by atoms with Gasteiger partial charge >= 0.3 is 0 Å². The van der Waals surface area contributed by atoms with E-state index < -0.39 is 11.2 Å². The average molecular weight is 106 g/mol. The second-order valence-corrected chi connectivity index (χ2v) is 1.45. The van der Waals surface area contributed by atoms with Crippen LogP contribution in [0, 0.1) is 0 Å². The molecule has 0 heterocycles. The summed E-state index contributed by atoms with van der Waals surface area (Å²) < 4.78 is 0. The Kier molecular flexibility index (Phi) is 2.20. The van der Waals surface area contributed by atoms with E-state index in [9.17, 15) is 4.79 Å². The van der Waals surface area contributed by atoms with Crippen LogP contribution in [0.25, 0.3) is 0 Å². The zero-order valence-corrected chi connectivity index (χ0v) is 4.27. The van der Waals surface area contributed by atoms with Crippen LogP contribution in [0.1, 0.15) is 6.92 Å². The molecule has 0 saturated heterocycles. The van der Waals surface area contributed by atoms with Crippen LogP contribution in [0.5, 0.6) is 0 Å². The third-order valence-electron chi connectivity index (χ3n) is 0.357. The van der Waals surface area contributed by atoms with Gasteiger partial charge in [0.25, 0.3) is 0 Å². The van der Waals surface area contributed by atoms with Crippen LogP contribution in [0.15, 0.2) is 0 Å². The highest BCUT2D eigenvalue weighted by molar-refractivity contribution is 7.96. The molecule has 0 rings (SSSR count). The van der Waals surface area contributed by atoms with Crippen LogP contribution in [-0.4, -0.2) is 16.3 Å². The summed E-state index contributed by atoms with van der Waals surface area (Å²) >= 11 is 3.30. The molecular weight excluding hydrogens is 100 g/mol. The third kappa shape index (κ3) is 2.23. The average Bonchev–Trinajstić information content (AvgIpc) is 1.36. The highest BCUT2D eigenvalue weighted by Gasteiger charge is 1.98. The van der Waals surface area contributed by atoms with Crippen LogP contribution in [0.3, 0.4) is 0 Å². The van der Waals surface area contributed by atoms with Crippen LogP contribution in [0.2, 0.25) is 0 Å². The Bertz CT molecular complexity index is 59.8. The van der Waals surface area contributed by atoms with E-state index in [-0.39, 0.29) is 0 Å². The van der Waals surface area contributed by atoms with Crippen molar-refractivity contribution in [2.75, 3.05) is 0 Å². The van der Waals surface area contributed by atoms with E-state index in [0.29, 0.717) is 0 Å². The molecule has 0 amide bonds. The lowest BCUT2D eigenvalue weighted by molar-refractivity contribution is -0.117. The molecule has 0 bridgehead atoms. The summed E-state index contributed by atoms with van der Waals surface area (Å²) in [6, 6.07) is 0. The molecule has 0 fully saturated rings. The molecule has 0 aromatic carbocycles. The topological polar surface area (TPSA) is 37.3 Å². The molecule has 0 aliphatic rings. The SMILES string of the molecule is C[C@H](O)C(=O)S. The molecule has 2 nitrogen and oxygen atoms in total. The quantitative estimate of drug-likeness (QED) is 0.455. The maximum Gasteiger partial charge on any atom is 0.214 e. The molecule has 0 spiro atoms. The Balaban J connectivity index is 3.26. The van der Waals surface area contributed by atoms with Gasteiger partial charge in [0.1, 0.15) is 6.10 Å². The molecular formula is C3H6O2S. The minimum atomic E-state index is -0.923. The predicted molar refractivity (Wildman–Crippen MR) is 25.7 cm³/mol. The van der Waals surface area contributed by atoms with Gasteiger partial charge in [-0.2, -0.15) is 0 Å². The Hall–Kier alpha value is -0.0200. The summed E-state index contributed by atoms with van der Waals surface area (Å²) in [5, 5.41) is 7.71. The zero-order valence-electron chi connectivity index (χ0n) is 3.38. The van der Waals surface area contributed by atoms with Gasteiger partial charge in [-0.25, -0.2) is 0 Å². The smallest absolute Gasteiger partial charge is 0.214 e. The van der Waals surface area contributed by atoms with Crippen molar-refractivity contribution in [2.45, 2.75) is 13.0 Å². The van der Waals surface area contributed by atoms with E-state index in [1.54, 1.807) is 0 Å². The third-order valence-corrected chi connectivity index (χ3v) is 0.731. The minimum Gasteiger partial charge on any atom is -0.385 e. The lowest BCUT2D eigenvalue weighted by Crippen LogP contribution is -2.07. The maximum absolute atomic E-state index is 9.76. The molecule has 0 saturated carbocycles. The van der Waals surface area contributed by atoms with E-state index in [2.05, 4.69) is 12.6 Å². The minimum absolute atomic E-state index is 0.491. The monoisotopic (exact) mass is 106 g/mol. The molecule has 0 aliphatic carbocycles. The standard InChI is InChI=1S/C3H6O2S/c1-2(4)3(5)6/h2,4H,1H3,(H,5,6)/t2-/m0/s1. The van der Waals surface area contributed by atoms with Gasteiger partial charge in [-0.15, -0.1) is 12.6 Å². The van der Waals surface area contributed by atoms with E-state index in [1.165, 1.54) is 6.92 Å². The Morgan fingerprint density at radius 2 is 2.17 bits per heavy atom. The maximum atomic E-state index is 9.76. The van der Waals surface area contributed by atoms with Gasteiger partial charge < -0.3 is 5.11 Å². The van der Waals surface area contributed by atoms with Crippen LogP contribution in [-0.2, 0) is 4.79 Å². The molecule has 0 unspecified atom stereocenters. The first-order valence-electron chi connectivity index (χ1n) is 1.55. The first-order chi connectivity index (χ1) is 2.64. The molecule has 1 N–H and O–H groups in total. The van der Waals surface area contributed by atoms with Gasteiger partial charge in [-0.1, -0.05) is 0 Å². The predicted octanol–water partition coefficient (Wildman–Crippen LogP) is -0.176. The van der Waals surface area contributed by atoms with Gasteiger partial charge in [0.2, 0.25) is 5.12 Å². The highest BCUT2D eigenvalue weighted by atomic mass is 32.1. The summed E-state index contributed by atoms with van der Waals surface area (Å²) in [6.45, 7) is 1.37. The lowest BCUT2D eigenvalue weighted by Gasteiger charge is -1.89. The van der Waals surface area contributed by atoms with Crippen molar-refractivity contribution in [2.24, 2.45) is 0 Å². The molecule has 0 aromatic heterocycles. The number of hydrogen-bond acceptors (Lipinski definition) is 2. The van der Waals surface area contributed by atoms with Crippen LogP contribution < -0.4 is 0 Å². The first kappa shape index (κ1) is 5.98. The van der Waals surface area contributed by atoms with E-state index in [1.807, 2.05) is 0 Å². The zero-order chi connectivity index (χ0) is 5.15. The fraction of sp³-hybridized carbons (Fsp3) is 0.667. The number of hydrogen-bond donors (Lipinski definition) is 2. The Labute approximate surface area is 41.6 Å². The normalized spacial score (nSPS) is 13.8. The van der Waals surface area contributed by atoms with Crippen molar-refractivity contribution in [1.82, 2.24) is 0 Å². The number of carbonyl (C=O) groups excluding carboxylic acids is 1. The summed E-state index contributed by atoms with van der Waals surface area (Å²) in [4.78, 5) is 9.76. The fourth-order valence-corrected chi connectivity index (χ4v) is 0. The van der Waals surface area contributed by atoms with Crippen molar-refractivity contribution < 1.29 is 9.90 Å².